The number of hydrogen-bond donors (Lipinski definition) is 2. The maximum absolute atomic E-state index is 13.9. The molecule has 0 unspecified atom stereocenters. The lowest BCUT2D eigenvalue weighted by atomic mass is 9.86. The Morgan fingerprint density at radius 3 is 2.40 bits per heavy atom. The summed E-state index contributed by atoms with van der Waals surface area (Å²) in [7, 11) is 0. The van der Waals surface area contributed by atoms with Gasteiger partial charge in [0.2, 0.25) is 0 Å². The van der Waals surface area contributed by atoms with Crippen molar-refractivity contribution < 1.29 is 33.0 Å². The van der Waals surface area contributed by atoms with Crippen molar-refractivity contribution in [3.05, 3.63) is 35.9 Å². The number of piperazine rings is 1. The average molecular weight is 589 g/mol. The molecule has 1 aliphatic heterocycles. The van der Waals surface area contributed by atoms with Crippen LogP contribution in [0.5, 0.6) is 0 Å². The van der Waals surface area contributed by atoms with E-state index in [-0.39, 0.29) is 29.0 Å². The summed E-state index contributed by atoms with van der Waals surface area (Å²) in [5.41, 5.74) is -0.923. The number of nitrogens with one attached hydrogen (secondary N) is 1. The third kappa shape index (κ3) is 6.29. The third-order valence-corrected chi connectivity index (χ3v) is 7.49. The van der Waals surface area contributed by atoms with Crippen molar-refractivity contribution in [2.45, 2.75) is 64.5 Å². The van der Waals surface area contributed by atoms with E-state index in [9.17, 15) is 28.3 Å². The van der Waals surface area contributed by atoms with Gasteiger partial charge in [-0.1, -0.05) is 0 Å². The van der Waals surface area contributed by atoms with Crippen molar-refractivity contribution in [3.63, 3.8) is 0 Å². The molecular formula is C27H34F2N8O5. The number of nitrogens with zero attached hydrogens (tertiary/aromatic N) is 7. The number of carboxylic acids is 1. The molecule has 13 nitrogen and oxygen atoms in total. The van der Waals surface area contributed by atoms with E-state index in [4.69, 9.17) is 4.74 Å². The predicted octanol–water partition coefficient (Wildman–Crippen LogP) is 3.99. The SMILES string of the molecule is CC(C)(C)OC(=O)N1CCN(c2ccn3ncc(C(=O)Nc4cn(C5CCC(C(=O)O)CC5)nc4C(F)F)c3n2)CC1. The molecule has 0 aromatic carbocycles. The van der Waals surface area contributed by atoms with Gasteiger partial charge in [0.1, 0.15) is 17.0 Å². The van der Waals surface area contributed by atoms with Crippen molar-refractivity contribution in [1.82, 2.24) is 29.3 Å². The summed E-state index contributed by atoms with van der Waals surface area (Å²) < 4.78 is 36.0. The monoisotopic (exact) mass is 588 g/mol. The number of fused-ring (bicyclic) bond motifs is 1. The normalized spacial score (nSPS) is 19.8. The summed E-state index contributed by atoms with van der Waals surface area (Å²) in [5.74, 6) is -1.39. The number of ether oxygens (including phenoxy) is 1. The molecule has 2 aliphatic rings. The standard InChI is InChI=1S/C27H34F2N8O5/c1-27(2,3)42-26(41)35-12-10-34(11-13-35)20-8-9-36-23(32-20)18(14-30-36)24(38)31-19-15-37(33-21(19)22(28)29)17-6-4-16(5-7-17)25(39)40/h8-9,14-17,22H,4-7,10-13H2,1-3H3,(H,31,38)(H,39,40). The van der Waals surface area contributed by atoms with Gasteiger partial charge in [0, 0.05) is 38.6 Å². The zero-order valence-corrected chi connectivity index (χ0v) is 23.7. The minimum atomic E-state index is -2.93. The number of aliphatic carboxylic acids is 1. The minimum Gasteiger partial charge on any atom is -0.481 e. The zero-order chi connectivity index (χ0) is 30.2. The van der Waals surface area contributed by atoms with Crippen LogP contribution in [0.25, 0.3) is 5.65 Å². The second-order valence-electron chi connectivity index (χ2n) is 11.6. The number of carboxylic acid groups (broad SMARTS) is 1. The lowest BCUT2D eigenvalue weighted by Gasteiger charge is -2.36. The van der Waals surface area contributed by atoms with Gasteiger partial charge in [0.05, 0.1) is 23.8 Å². The van der Waals surface area contributed by atoms with Crippen molar-refractivity contribution in [3.8, 4) is 0 Å². The summed E-state index contributed by atoms with van der Waals surface area (Å²) in [6, 6.07) is 1.52. The third-order valence-electron chi connectivity index (χ3n) is 7.49. The lowest BCUT2D eigenvalue weighted by molar-refractivity contribution is -0.143. The van der Waals surface area contributed by atoms with Gasteiger partial charge in [0.25, 0.3) is 12.3 Å². The Balaban J connectivity index is 1.29. The molecule has 1 saturated carbocycles. The summed E-state index contributed by atoms with van der Waals surface area (Å²) in [5, 5.41) is 20.0. The molecule has 1 saturated heterocycles. The Morgan fingerprint density at radius 1 is 1.10 bits per heavy atom. The second-order valence-corrected chi connectivity index (χ2v) is 11.6. The number of amides is 2. The van der Waals surface area contributed by atoms with E-state index in [0.717, 1.165) is 0 Å². The van der Waals surface area contributed by atoms with Crippen molar-refractivity contribution in [2.24, 2.45) is 5.92 Å². The Morgan fingerprint density at radius 2 is 1.79 bits per heavy atom. The van der Waals surface area contributed by atoms with Crippen molar-refractivity contribution in [2.75, 3.05) is 36.4 Å². The maximum atomic E-state index is 13.9. The molecule has 0 atom stereocenters. The van der Waals surface area contributed by atoms with Gasteiger partial charge in [-0.05, 0) is 52.5 Å². The number of carbonyl (C=O) groups excluding carboxylic acids is 2. The second kappa shape index (κ2) is 11.5. The summed E-state index contributed by atoms with van der Waals surface area (Å²) in [4.78, 5) is 45.2. The summed E-state index contributed by atoms with van der Waals surface area (Å²) >= 11 is 0. The van der Waals surface area contributed by atoms with Gasteiger partial charge in [-0.15, -0.1) is 0 Å². The van der Waals surface area contributed by atoms with Crippen LogP contribution in [0.1, 0.15) is 75.0 Å². The zero-order valence-electron chi connectivity index (χ0n) is 23.7. The molecule has 5 rings (SSSR count). The van der Waals surface area contributed by atoms with E-state index >= 15 is 0 Å². The first-order valence-corrected chi connectivity index (χ1v) is 13.9. The maximum Gasteiger partial charge on any atom is 0.410 e. The molecule has 2 N–H and O–H groups in total. The Hall–Kier alpha value is -4.30. The molecule has 4 heterocycles. The quantitative estimate of drug-likeness (QED) is 0.436. The fraction of sp³-hybridized carbons (Fsp3) is 0.556. The number of halogens is 2. The number of anilines is 2. The largest absolute Gasteiger partial charge is 0.481 e. The van der Waals surface area contributed by atoms with Gasteiger partial charge in [0.15, 0.2) is 11.3 Å². The highest BCUT2D eigenvalue weighted by atomic mass is 19.3. The Kier molecular flexibility index (Phi) is 8.01. The summed E-state index contributed by atoms with van der Waals surface area (Å²) in [6.07, 6.45) is 2.88. The van der Waals surface area contributed by atoms with Crippen LogP contribution in [-0.2, 0) is 9.53 Å². The topological polar surface area (TPSA) is 147 Å². The smallest absolute Gasteiger partial charge is 0.410 e. The van der Waals surface area contributed by atoms with E-state index in [0.29, 0.717) is 57.7 Å². The van der Waals surface area contributed by atoms with Crippen molar-refractivity contribution in [1.29, 1.82) is 0 Å². The molecule has 226 valence electrons. The molecule has 3 aromatic rings. The van der Waals surface area contributed by atoms with Crippen LogP contribution in [0.15, 0.2) is 24.7 Å². The average Bonchev–Trinajstić information content (AvgIpc) is 3.56. The number of aromatic nitrogens is 5. The first-order chi connectivity index (χ1) is 19.9. The fourth-order valence-electron chi connectivity index (χ4n) is 5.27. The molecule has 15 heteroatoms. The highest BCUT2D eigenvalue weighted by molar-refractivity contribution is 6.08. The molecule has 0 spiro atoms. The van der Waals surface area contributed by atoms with Crippen LogP contribution in [0.4, 0.5) is 25.1 Å². The Bertz CT molecular complexity index is 1470. The highest BCUT2D eigenvalue weighted by Crippen LogP contribution is 2.35. The molecule has 2 fully saturated rings. The molecule has 1 aliphatic carbocycles. The van der Waals surface area contributed by atoms with Gasteiger partial charge in [-0.3, -0.25) is 14.3 Å². The van der Waals surface area contributed by atoms with E-state index in [1.807, 2.05) is 25.7 Å². The Labute approximate surface area is 240 Å². The molecule has 2 amide bonds. The highest BCUT2D eigenvalue weighted by Gasteiger charge is 2.30. The molecule has 42 heavy (non-hydrogen) atoms. The van der Waals surface area contributed by atoms with Crippen LogP contribution in [0, 0.1) is 5.92 Å². The number of hydrogen-bond acceptors (Lipinski definition) is 8. The molecule has 0 radical (unpaired) electrons. The van der Waals surface area contributed by atoms with Crippen LogP contribution in [-0.4, -0.2) is 84.1 Å². The van der Waals surface area contributed by atoms with Crippen LogP contribution in [0.2, 0.25) is 0 Å². The number of carbonyl (C=O) groups is 3. The van der Waals surface area contributed by atoms with Crippen LogP contribution >= 0.6 is 0 Å². The molecule has 0 bridgehead atoms. The lowest BCUT2D eigenvalue weighted by Crippen LogP contribution is -2.50. The van der Waals surface area contributed by atoms with E-state index in [1.54, 1.807) is 17.2 Å². The predicted molar refractivity (Wildman–Crippen MR) is 147 cm³/mol. The van der Waals surface area contributed by atoms with E-state index in [2.05, 4.69) is 20.5 Å². The molecular weight excluding hydrogens is 554 g/mol. The van der Waals surface area contributed by atoms with Crippen molar-refractivity contribution >= 4 is 35.1 Å². The van der Waals surface area contributed by atoms with Gasteiger partial charge < -0.3 is 25.0 Å². The van der Waals surface area contributed by atoms with Gasteiger partial charge >= 0.3 is 12.1 Å². The van der Waals surface area contributed by atoms with Gasteiger partial charge in [-0.2, -0.15) is 10.2 Å². The first-order valence-electron chi connectivity index (χ1n) is 13.9. The number of alkyl halides is 2. The first kappa shape index (κ1) is 29.2. The molecule has 3 aromatic heterocycles. The van der Waals surface area contributed by atoms with E-state index in [1.165, 1.54) is 21.6 Å². The van der Waals surface area contributed by atoms with Crippen LogP contribution in [0.3, 0.4) is 0 Å². The van der Waals surface area contributed by atoms with Crippen LogP contribution < -0.4 is 10.2 Å². The summed E-state index contributed by atoms with van der Waals surface area (Å²) in [6.45, 7) is 7.32. The minimum absolute atomic E-state index is 0.0965. The van der Waals surface area contributed by atoms with Gasteiger partial charge in [-0.25, -0.2) is 23.1 Å². The number of rotatable bonds is 6. The fourth-order valence-corrected chi connectivity index (χ4v) is 5.27. The van der Waals surface area contributed by atoms with E-state index < -0.39 is 35.5 Å².